The standard InChI is InChI=1S/C30H52O3/c1-7-33-27(31)30(32)18-17-28(5)22(19-30)11-12-23-25-14-13-24(21(4)10-8-9-20(2)3)29(25,6)16-15-26(23)28/h20-26,32H,7-19H2,1-6H3/t21-,22?,23+,24-,25+,26+,28+,29-,30+/m1/s1. The van der Waals surface area contributed by atoms with E-state index in [4.69, 9.17) is 4.74 Å². The second kappa shape index (κ2) is 9.47. The van der Waals surface area contributed by atoms with Gasteiger partial charge in [0.15, 0.2) is 5.60 Å². The predicted octanol–water partition coefficient (Wildman–Crippen LogP) is 7.40. The van der Waals surface area contributed by atoms with Crippen LogP contribution in [0.4, 0.5) is 0 Å². The molecule has 0 amide bonds. The Hall–Kier alpha value is -0.570. The van der Waals surface area contributed by atoms with Crippen LogP contribution in [0, 0.1) is 52.3 Å². The molecule has 9 atom stereocenters. The molecule has 190 valence electrons. The average molecular weight is 461 g/mol. The summed E-state index contributed by atoms with van der Waals surface area (Å²) in [7, 11) is 0. The molecule has 0 saturated heterocycles. The monoisotopic (exact) mass is 460 g/mol. The highest BCUT2D eigenvalue weighted by Gasteiger charge is 2.62. The minimum absolute atomic E-state index is 0.282. The van der Waals surface area contributed by atoms with Gasteiger partial charge in [0.05, 0.1) is 6.61 Å². The van der Waals surface area contributed by atoms with E-state index in [0.717, 1.165) is 41.9 Å². The molecule has 4 saturated carbocycles. The molecule has 4 fully saturated rings. The van der Waals surface area contributed by atoms with E-state index in [1.165, 1.54) is 57.8 Å². The van der Waals surface area contributed by atoms with Crippen molar-refractivity contribution < 1.29 is 14.6 Å². The van der Waals surface area contributed by atoms with Gasteiger partial charge in [-0.2, -0.15) is 0 Å². The van der Waals surface area contributed by atoms with Crippen molar-refractivity contribution in [3.05, 3.63) is 0 Å². The van der Waals surface area contributed by atoms with E-state index in [1.54, 1.807) is 0 Å². The van der Waals surface area contributed by atoms with Gasteiger partial charge in [0.1, 0.15) is 0 Å². The van der Waals surface area contributed by atoms with Crippen molar-refractivity contribution in [3.63, 3.8) is 0 Å². The lowest BCUT2D eigenvalue weighted by molar-refractivity contribution is -0.187. The van der Waals surface area contributed by atoms with Gasteiger partial charge in [0.25, 0.3) is 0 Å². The molecule has 1 unspecified atom stereocenters. The summed E-state index contributed by atoms with van der Waals surface area (Å²) >= 11 is 0. The molecular weight excluding hydrogens is 408 g/mol. The molecule has 0 aliphatic heterocycles. The van der Waals surface area contributed by atoms with Crippen LogP contribution in [0.25, 0.3) is 0 Å². The molecule has 1 N–H and O–H groups in total. The largest absolute Gasteiger partial charge is 0.464 e. The van der Waals surface area contributed by atoms with Crippen molar-refractivity contribution >= 4 is 5.97 Å². The Morgan fingerprint density at radius 2 is 1.67 bits per heavy atom. The molecule has 33 heavy (non-hydrogen) atoms. The maximum absolute atomic E-state index is 12.5. The van der Waals surface area contributed by atoms with E-state index in [2.05, 4.69) is 34.6 Å². The van der Waals surface area contributed by atoms with Crippen molar-refractivity contribution in [1.82, 2.24) is 0 Å². The Bertz CT molecular complexity index is 703. The summed E-state index contributed by atoms with van der Waals surface area (Å²) in [5.74, 6) is 5.18. The van der Waals surface area contributed by atoms with Gasteiger partial charge in [0, 0.05) is 0 Å². The third-order valence-corrected chi connectivity index (χ3v) is 11.6. The van der Waals surface area contributed by atoms with Crippen LogP contribution in [0.15, 0.2) is 0 Å². The summed E-state index contributed by atoms with van der Waals surface area (Å²) in [4.78, 5) is 12.5. The average Bonchev–Trinajstić information content (AvgIpc) is 3.11. The second-order valence-electron chi connectivity index (χ2n) is 13.6. The lowest BCUT2D eigenvalue weighted by Crippen LogP contribution is -2.57. The maximum atomic E-state index is 12.5. The number of fused-ring (bicyclic) bond motifs is 5. The zero-order chi connectivity index (χ0) is 24.0. The van der Waals surface area contributed by atoms with Gasteiger partial charge in [-0.25, -0.2) is 4.79 Å². The van der Waals surface area contributed by atoms with E-state index < -0.39 is 5.60 Å². The molecule has 0 heterocycles. The van der Waals surface area contributed by atoms with Gasteiger partial charge in [-0.15, -0.1) is 0 Å². The fraction of sp³-hybridized carbons (Fsp3) is 0.967. The first-order valence-electron chi connectivity index (χ1n) is 14.4. The number of carbonyl (C=O) groups is 1. The summed E-state index contributed by atoms with van der Waals surface area (Å²) in [5, 5.41) is 11.1. The molecule has 0 bridgehead atoms. The minimum Gasteiger partial charge on any atom is -0.464 e. The number of ether oxygens (including phenoxy) is 1. The van der Waals surface area contributed by atoms with E-state index in [1.807, 2.05) is 6.92 Å². The summed E-state index contributed by atoms with van der Waals surface area (Å²) in [6, 6.07) is 0. The van der Waals surface area contributed by atoms with Gasteiger partial charge >= 0.3 is 5.97 Å². The number of hydrogen-bond acceptors (Lipinski definition) is 3. The quantitative estimate of drug-likeness (QED) is 0.403. The lowest BCUT2D eigenvalue weighted by Gasteiger charge is -2.62. The van der Waals surface area contributed by atoms with Crippen molar-refractivity contribution in [1.29, 1.82) is 0 Å². The molecule has 4 rings (SSSR count). The maximum Gasteiger partial charge on any atom is 0.338 e. The van der Waals surface area contributed by atoms with Crippen LogP contribution in [-0.4, -0.2) is 23.3 Å². The second-order valence-corrected chi connectivity index (χ2v) is 13.6. The summed E-state index contributed by atoms with van der Waals surface area (Å²) in [6.45, 7) is 14.6. The van der Waals surface area contributed by atoms with Gasteiger partial charge in [-0.1, -0.05) is 53.9 Å². The highest BCUT2D eigenvalue weighted by molar-refractivity contribution is 5.79. The van der Waals surface area contributed by atoms with Crippen molar-refractivity contribution in [3.8, 4) is 0 Å². The topological polar surface area (TPSA) is 46.5 Å². The molecule has 0 aromatic heterocycles. The summed E-state index contributed by atoms with van der Waals surface area (Å²) in [6.07, 6.45) is 14.5. The Kier molecular flexibility index (Phi) is 7.33. The molecule has 0 aromatic rings. The van der Waals surface area contributed by atoms with E-state index in [-0.39, 0.29) is 11.4 Å². The van der Waals surface area contributed by atoms with Gasteiger partial charge in [-0.05, 0) is 117 Å². The van der Waals surface area contributed by atoms with Crippen LogP contribution >= 0.6 is 0 Å². The first-order chi connectivity index (χ1) is 15.5. The zero-order valence-electron chi connectivity index (χ0n) is 22.5. The van der Waals surface area contributed by atoms with Crippen LogP contribution in [0.2, 0.25) is 0 Å². The van der Waals surface area contributed by atoms with Gasteiger partial charge in [0.2, 0.25) is 0 Å². The molecule has 0 spiro atoms. The summed E-state index contributed by atoms with van der Waals surface area (Å²) in [5.41, 5.74) is -0.439. The predicted molar refractivity (Wildman–Crippen MR) is 135 cm³/mol. The smallest absolute Gasteiger partial charge is 0.338 e. The van der Waals surface area contributed by atoms with Gasteiger partial charge < -0.3 is 9.84 Å². The van der Waals surface area contributed by atoms with Gasteiger partial charge in [-0.3, -0.25) is 0 Å². The number of aliphatic hydroxyl groups is 1. The first-order valence-corrected chi connectivity index (χ1v) is 14.4. The Morgan fingerprint density at radius 3 is 2.36 bits per heavy atom. The Balaban J connectivity index is 1.45. The fourth-order valence-electron chi connectivity index (χ4n) is 9.72. The van der Waals surface area contributed by atoms with Crippen molar-refractivity contribution in [2.75, 3.05) is 6.61 Å². The third-order valence-electron chi connectivity index (χ3n) is 11.6. The molecule has 4 aliphatic rings. The van der Waals surface area contributed by atoms with Crippen LogP contribution in [-0.2, 0) is 9.53 Å². The van der Waals surface area contributed by atoms with Crippen LogP contribution in [0.5, 0.6) is 0 Å². The zero-order valence-corrected chi connectivity index (χ0v) is 22.5. The molecular formula is C30H52O3. The number of hydrogen-bond donors (Lipinski definition) is 1. The molecule has 0 radical (unpaired) electrons. The summed E-state index contributed by atoms with van der Waals surface area (Å²) < 4.78 is 5.26. The van der Waals surface area contributed by atoms with Crippen LogP contribution in [0.1, 0.15) is 119 Å². The number of carbonyl (C=O) groups excluding carboxylic acids is 1. The highest BCUT2D eigenvalue weighted by atomic mass is 16.5. The minimum atomic E-state index is -1.25. The Morgan fingerprint density at radius 1 is 0.939 bits per heavy atom. The fourth-order valence-corrected chi connectivity index (χ4v) is 9.72. The third kappa shape index (κ3) is 4.43. The number of esters is 1. The highest BCUT2D eigenvalue weighted by Crippen LogP contribution is 2.69. The van der Waals surface area contributed by atoms with E-state index >= 15 is 0 Å². The number of rotatable bonds is 7. The molecule has 3 heteroatoms. The van der Waals surface area contributed by atoms with E-state index in [0.29, 0.717) is 30.8 Å². The van der Waals surface area contributed by atoms with Crippen molar-refractivity contribution in [2.45, 2.75) is 124 Å². The van der Waals surface area contributed by atoms with Crippen LogP contribution in [0.3, 0.4) is 0 Å². The first kappa shape index (κ1) is 25.5. The molecule has 3 nitrogen and oxygen atoms in total. The molecule has 4 aliphatic carbocycles. The SMILES string of the molecule is CCOC(=O)[C@]1(O)CC[C@@]2(C)C(CC[C@H]3[C@@H]4CC[C@H]([C@H](C)CCCC(C)C)[C@@]4(C)CC[C@@H]32)C1. The van der Waals surface area contributed by atoms with Crippen molar-refractivity contribution in [2.24, 2.45) is 52.3 Å². The van der Waals surface area contributed by atoms with Crippen LogP contribution < -0.4 is 0 Å². The Labute approximate surface area is 203 Å². The van der Waals surface area contributed by atoms with E-state index in [9.17, 15) is 9.90 Å². The molecule has 0 aromatic carbocycles. The normalized spacial score (nSPS) is 45.8. The lowest BCUT2D eigenvalue weighted by atomic mass is 9.43.